The highest BCUT2D eigenvalue weighted by molar-refractivity contribution is 7.98. The van der Waals surface area contributed by atoms with E-state index in [1.165, 1.54) is 11.8 Å². The van der Waals surface area contributed by atoms with Crippen molar-refractivity contribution in [1.82, 2.24) is 9.97 Å². The lowest BCUT2D eigenvalue weighted by Crippen LogP contribution is -1.84. The molecule has 0 fully saturated rings. The molecule has 96 valence electrons. The standard InChI is InChI=1S/C13H10ClN3OS/c14-10-6-16-4-3-8(10)7-19-13-17-11-5-9(15)1-2-12(11)18-13/h1-6H,7,15H2. The van der Waals surface area contributed by atoms with Crippen LogP contribution in [0.2, 0.25) is 5.02 Å². The summed E-state index contributed by atoms with van der Waals surface area (Å²) in [6, 6.07) is 7.29. The van der Waals surface area contributed by atoms with Crippen LogP contribution in [0.5, 0.6) is 0 Å². The molecule has 19 heavy (non-hydrogen) atoms. The summed E-state index contributed by atoms with van der Waals surface area (Å²) in [5.41, 5.74) is 8.88. The highest BCUT2D eigenvalue weighted by Crippen LogP contribution is 2.28. The average molecular weight is 292 g/mol. The van der Waals surface area contributed by atoms with Crippen LogP contribution in [0.15, 0.2) is 46.3 Å². The smallest absolute Gasteiger partial charge is 0.257 e. The fourth-order valence-corrected chi connectivity index (χ4v) is 2.75. The van der Waals surface area contributed by atoms with Crippen molar-refractivity contribution < 1.29 is 4.42 Å². The van der Waals surface area contributed by atoms with Crippen molar-refractivity contribution in [3.63, 3.8) is 0 Å². The Morgan fingerprint density at radius 3 is 3.05 bits per heavy atom. The molecule has 0 bridgehead atoms. The predicted octanol–water partition coefficient (Wildman–Crippen LogP) is 3.75. The number of fused-ring (bicyclic) bond motifs is 1. The van der Waals surface area contributed by atoms with Crippen molar-refractivity contribution in [2.75, 3.05) is 5.73 Å². The highest BCUT2D eigenvalue weighted by atomic mass is 35.5. The summed E-state index contributed by atoms with van der Waals surface area (Å²) in [4.78, 5) is 8.33. The Kier molecular flexibility index (Phi) is 3.31. The zero-order valence-electron chi connectivity index (χ0n) is 9.84. The number of thioether (sulfide) groups is 1. The number of hydrogen-bond acceptors (Lipinski definition) is 5. The second-order valence-electron chi connectivity index (χ2n) is 3.96. The average Bonchev–Trinajstić information content (AvgIpc) is 2.79. The Balaban J connectivity index is 1.80. The number of oxazole rings is 1. The fourth-order valence-electron chi connectivity index (χ4n) is 1.65. The molecule has 4 nitrogen and oxygen atoms in total. The first-order valence-electron chi connectivity index (χ1n) is 5.59. The van der Waals surface area contributed by atoms with Crippen LogP contribution < -0.4 is 5.73 Å². The molecule has 0 saturated carbocycles. The van der Waals surface area contributed by atoms with Gasteiger partial charge in [0.15, 0.2) is 5.58 Å². The first kappa shape index (κ1) is 12.3. The van der Waals surface area contributed by atoms with Crippen molar-refractivity contribution in [3.05, 3.63) is 47.2 Å². The number of halogens is 1. The van der Waals surface area contributed by atoms with Gasteiger partial charge in [0.2, 0.25) is 0 Å². The van der Waals surface area contributed by atoms with E-state index in [0.29, 0.717) is 21.7 Å². The molecule has 6 heteroatoms. The summed E-state index contributed by atoms with van der Waals surface area (Å²) in [6.07, 6.45) is 3.35. The van der Waals surface area contributed by atoms with Crippen molar-refractivity contribution in [2.24, 2.45) is 0 Å². The van der Waals surface area contributed by atoms with Gasteiger partial charge in [-0.25, -0.2) is 4.98 Å². The van der Waals surface area contributed by atoms with E-state index in [2.05, 4.69) is 9.97 Å². The van der Waals surface area contributed by atoms with E-state index < -0.39 is 0 Å². The Labute approximate surface area is 119 Å². The lowest BCUT2D eigenvalue weighted by atomic mass is 10.3. The normalized spacial score (nSPS) is 11.0. The summed E-state index contributed by atoms with van der Waals surface area (Å²) in [7, 11) is 0. The summed E-state index contributed by atoms with van der Waals surface area (Å²) < 4.78 is 5.62. The molecule has 3 aromatic rings. The molecule has 0 amide bonds. The van der Waals surface area contributed by atoms with Crippen LogP contribution in [0.1, 0.15) is 5.56 Å². The van der Waals surface area contributed by atoms with E-state index in [0.717, 1.165) is 16.7 Å². The first-order valence-corrected chi connectivity index (χ1v) is 6.96. The number of pyridine rings is 1. The second-order valence-corrected chi connectivity index (χ2v) is 5.30. The van der Waals surface area contributed by atoms with Crippen LogP contribution in [0.4, 0.5) is 5.69 Å². The monoisotopic (exact) mass is 291 g/mol. The molecule has 0 aliphatic rings. The molecule has 0 aliphatic carbocycles. The third kappa shape index (κ3) is 2.67. The molecule has 0 atom stereocenters. The van der Waals surface area contributed by atoms with E-state index in [9.17, 15) is 0 Å². The maximum Gasteiger partial charge on any atom is 0.257 e. The molecule has 0 radical (unpaired) electrons. The van der Waals surface area contributed by atoms with Gasteiger partial charge in [-0.15, -0.1) is 0 Å². The topological polar surface area (TPSA) is 64.9 Å². The Hall–Kier alpha value is -1.72. The van der Waals surface area contributed by atoms with Crippen LogP contribution >= 0.6 is 23.4 Å². The molecule has 1 aromatic carbocycles. The van der Waals surface area contributed by atoms with E-state index in [1.54, 1.807) is 24.5 Å². The van der Waals surface area contributed by atoms with Gasteiger partial charge in [0.1, 0.15) is 5.52 Å². The quantitative estimate of drug-likeness (QED) is 0.588. The van der Waals surface area contributed by atoms with Gasteiger partial charge in [-0.1, -0.05) is 23.4 Å². The molecule has 0 saturated heterocycles. The Bertz CT molecular complexity index is 729. The molecule has 2 aromatic heterocycles. The lowest BCUT2D eigenvalue weighted by molar-refractivity contribution is 0.489. The third-order valence-corrected chi connectivity index (χ3v) is 3.82. The minimum absolute atomic E-state index is 0.605. The Morgan fingerprint density at radius 2 is 2.21 bits per heavy atom. The molecular formula is C13H10ClN3OS. The maximum absolute atomic E-state index is 6.05. The number of nitrogen functional groups attached to an aromatic ring is 1. The molecular weight excluding hydrogens is 282 g/mol. The van der Waals surface area contributed by atoms with Gasteiger partial charge in [-0.05, 0) is 29.8 Å². The molecule has 3 rings (SSSR count). The maximum atomic E-state index is 6.05. The van der Waals surface area contributed by atoms with Gasteiger partial charge in [-0.3, -0.25) is 4.98 Å². The molecule has 2 N–H and O–H groups in total. The number of benzene rings is 1. The highest BCUT2D eigenvalue weighted by Gasteiger charge is 2.08. The number of anilines is 1. The third-order valence-electron chi connectivity index (χ3n) is 2.60. The number of nitrogens with two attached hydrogens (primary N) is 1. The van der Waals surface area contributed by atoms with Crippen LogP contribution in [-0.2, 0) is 5.75 Å². The van der Waals surface area contributed by atoms with Crippen LogP contribution in [-0.4, -0.2) is 9.97 Å². The van der Waals surface area contributed by atoms with Gasteiger partial charge < -0.3 is 10.2 Å². The summed E-state index contributed by atoms with van der Waals surface area (Å²) >= 11 is 7.54. The minimum Gasteiger partial charge on any atom is -0.431 e. The summed E-state index contributed by atoms with van der Waals surface area (Å²) in [6.45, 7) is 0. The summed E-state index contributed by atoms with van der Waals surface area (Å²) in [5, 5.41) is 1.25. The van der Waals surface area contributed by atoms with Crippen LogP contribution in [0, 0.1) is 0 Å². The van der Waals surface area contributed by atoms with Crippen LogP contribution in [0.25, 0.3) is 11.1 Å². The van der Waals surface area contributed by atoms with Crippen LogP contribution in [0.3, 0.4) is 0 Å². The van der Waals surface area contributed by atoms with Gasteiger partial charge in [0.25, 0.3) is 5.22 Å². The van der Waals surface area contributed by atoms with Crippen molar-refractivity contribution in [3.8, 4) is 0 Å². The minimum atomic E-state index is 0.605. The van der Waals surface area contributed by atoms with E-state index >= 15 is 0 Å². The van der Waals surface area contributed by atoms with Crippen molar-refractivity contribution in [2.45, 2.75) is 11.0 Å². The lowest BCUT2D eigenvalue weighted by Gasteiger charge is -1.99. The van der Waals surface area contributed by atoms with Gasteiger partial charge >= 0.3 is 0 Å². The predicted molar refractivity (Wildman–Crippen MR) is 77.2 cm³/mol. The van der Waals surface area contributed by atoms with Gasteiger partial charge in [-0.2, -0.15) is 0 Å². The van der Waals surface area contributed by atoms with Crippen molar-refractivity contribution in [1.29, 1.82) is 0 Å². The zero-order valence-corrected chi connectivity index (χ0v) is 11.4. The SMILES string of the molecule is Nc1ccc2oc(SCc3ccncc3Cl)nc2c1. The fraction of sp³-hybridized carbons (Fsp3) is 0.0769. The summed E-state index contributed by atoms with van der Waals surface area (Å²) in [5.74, 6) is 0.684. The van der Waals surface area contributed by atoms with E-state index in [-0.39, 0.29) is 0 Å². The largest absolute Gasteiger partial charge is 0.431 e. The number of aromatic nitrogens is 2. The van der Waals surface area contributed by atoms with E-state index in [1.807, 2.05) is 12.1 Å². The Morgan fingerprint density at radius 1 is 1.32 bits per heavy atom. The van der Waals surface area contributed by atoms with Crippen molar-refractivity contribution >= 4 is 40.1 Å². The number of nitrogens with zero attached hydrogens (tertiary/aromatic N) is 2. The molecule has 2 heterocycles. The zero-order chi connectivity index (χ0) is 13.2. The molecule has 0 unspecified atom stereocenters. The second kappa shape index (κ2) is 5.11. The molecule has 0 spiro atoms. The number of rotatable bonds is 3. The first-order chi connectivity index (χ1) is 9.22. The van der Waals surface area contributed by atoms with Gasteiger partial charge in [0, 0.05) is 23.8 Å². The van der Waals surface area contributed by atoms with Gasteiger partial charge in [0.05, 0.1) is 5.02 Å². The van der Waals surface area contributed by atoms with E-state index in [4.69, 9.17) is 21.8 Å². The number of hydrogen-bond donors (Lipinski definition) is 1. The molecule has 0 aliphatic heterocycles.